The normalized spacial score (nSPS) is 11.1. The summed E-state index contributed by atoms with van der Waals surface area (Å²) in [5.41, 5.74) is 1.11. The van der Waals surface area contributed by atoms with Crippen molar-refractivity contribution in [2.24, 2.45) is 0 Å². The third-order valence-electron chi connectivity index (χ3n) is 2.27. The molecule has 0 aliphatic carbocycles. The monoisotopic (exact) mass is 246 g/mol. The van der Waals surface area contributed by atoms with Crippen molar-refractivity contribution in [1.82, 2.24) is 0 Å². The molecule has 16 heavy (non-hydrogen) atoms. The molecule has 0 aromatic heterocycles. The second-order valence-electron chi connectivity index (χ2n) is 3.49. The van der Waals surface area contributed by atoms with Crippen molar-refractivity contribution >= 4 is 50.4 Å². The Morgan fingerprint density at radius 2 is 1.56 bits per heavy atom. The van der Waals surface area contributed by atoms with Crippen molar-refractivity contribution in [3.8, 4) is 0 Å². The molecule has 2 aromatic rings. The Kier molecular flexibility index (Phi) is 4.15. The fourth-order valence-corrected chi connectivity index (χ4v) is 2.02. The molecular weight excluding hydrogens is 235 g/mol. The fourth-order valence-electron chi connectivity index (χ4n) is 1.50. The molecule has 0 spiro atoms. The van der Waals surface area contributed by atoms with E-state index in [1.807, 2.05) is 25.1 Å². The van der Waals surface area contributed by atoms with E-state index in [4.69, 9.17) is 4.55 Å². The minimum absolute atomic E-state index is 0. The minimum atomic E-state index is -4.10. The van der Waals surface area contributed by atoms with Crippen LogP contribution >= 0.6 is 0 Å². The molecular formula is C11H11NaO3S. The van der Waals surface area contributed by atoms with Gasteiger partial charge in [-0.05, 0) is 29.8 Å². The average Bonchev–Trinajstić information content (AvgIpc) is 2.15. The number of rotatable bonds is 1. The Balaban J connectivity index is 0.00000128. The van der Waals surface area contributed by atoms with Crippen molar-refractivity contribution in [2.75, 3.05) is 0 Å². The first-order valence-electron chi connectivity index (χ1n) is 4.45. The molecule has 0 saturated carbocycles. The van der Waals surface area contributed by atoms with Gasteiger partial charge < -0.3 is 0 Å². The van der Waals surface area contributed by atoms with E-state index in [-0.39, 0.29) is 34.5 Å². The molecule has 0 unspecified atom stereocenters. The SMILES string of the molecule is Cc1ccc2cc(S(=O)(=O)O)ccc2c1.[NaH]. The number of fused-ring (bicyclic) bond motifs is 1. The molecule has 1 N–H and O–H groups in total. The number of aryl methyl sites for hydroxylation is 1. The molecule has 3 nitrogen and oxygen atoms in total. The van der Waals surface area contributed by atoms with Crippen LogP contribution < -0.4 is 0 Å². The van der Waals surface area contributed by atoms with E-state index in [9.17, 15) is 8.42 Å². The number of benzene rings is 2. The Bertz CT molecular complexity index is 620. The summed E-state index contributed by atoms with van der Waals surface area (Å²) in [6.45, 7) is 1.97. The van der Waals surface area contributed by atoms with Crippen LogP contribution in [0, 0.1) is 6.92 Å². The Morgan fingerprint density at radius 1 is 1.00 bits per heavy atom. The zero-order valence-corrected chi connectivity index (χ0v) is 8.95. The van der Waals surface area contributed by atoms with Crippen LogP contribution in [0.3, 0.4) is 0 Å². The van der Waals surface area contributed by atoms with E-state index >= 15 is 0 Å². The van der Waals surface area contributed by atoms with Gasteiger partial charge in [0.05, 0.1) is 4.90 Å². The van der Waals surface area contributed by atoms with Crippen LogP contribution in [0.2, 0.25) is 0 Å². The standard InChI is InChI=1S/C11H10O3S.Na.H/c1-8-2-3-10-7-11(15(12,13)14)5-4-9(10)6-8;;/h2-7H,1H3,(H,12,13,14);;. The van der Waals surface area contributed by atoms with Gasteiger partial charge in [-0.3, -0.25) is 4.55 Å². The predicted molar refractivity (Wildman–Crippen MR) is 65.6 cm³/mol. The van der Waals surface area contributed by atoms with E-state index in [0.717, 1.165) is 16.3 Å². The first-order chi connectivity index (χ1) is 6.97. The fraction of sp³-hybridized carbons (Fsp3) is 0.0909. The van der Waals surface area contributed by atoms with Gasteiger partial charge in [-0.25, -0.2) is 0 Å². The first kappa shape index (κ1) is 13.7. The van der Waals surface area contributed by atoms with Crippen LogP contribution in [0.25, 0.3) is 10.8 Å². The van der Waals surface area contributed by atoms with Crippen molar-refractivity contribution in [2.45, 2.75) is 11.8 Å². The summed E-state index contributed by atoms with van der Waals surface area (Å²) in [5, 5.41) is 1.76. The average molecular weight is 246 g/mol. The molecule has 0 radical (unpaired) electrons. The van der Waals surface area contributed by atoms with E-state index in [2.05, 4.69) is 0 Å². The van der Waals surface area contributed by atoms with Crippen LogP contribution in [-0.2, 0) is 10.1 Å². The van der Waals surface area contributed by atoms with Gasteiger partial charge in [0.2, 0.25) is 0 Å². The summed E-state index contributed by atoms with van der Waals surface area (Å²) in [6.07, 6.45) is 0. The van der Waals surface area contributed by atoms with E-state index in [0.29, 0.717) is 0 Å². The topological polar surface area (TPSA) is 54.4 Å². The zero-order valence-electron chi connectivity index (χ0n) is 8.14. The second-order valence-corrected chi connectivity index (χ2v) is 4.91. The quantitative estimate of drug-likeness (QED) is 0.616. The van der Waals surface area contributed by atoms with Gasteiger partial charge in [0.15, 0.2) is 0 Å². The van der Waals surface area contributed by atoms with Crippen molar-refractivity contribution < 1.29 is 13.0 Å². The van der Waals surface area contributed by atoms with Crippen LogP contribution in [0.5, 0.6) is 0 Å². The molecule has 0 bridgehead atoms. The molecule has 0 aliphatic heterocycles. The summed E-state index contributed by atoms with van der Waals surface area (Å²) < 4.78 is 30.7. The van der Waals surface area contributed by atoms with Gasteiger partial charge in [0.1, 0.15) is 0 Å². The van der Waals surface area contributed by atoms with Crippen molar-refractivity contribution in [3.63, 3.8) is 0 Å². The van der Waals surface area contributed by atoms with Crippen LogP contribution in [-0.4, -0.2) is 42.5 Å². The van der Waals surface area contributed by atoms with Crippen LogP contribution in [0.15, 0.2) is 41.3 Å². The van der Waals surface area contributed by atoms with Gasteiger partial charge in [0.25, 0.3) is 10.1 Å². The molecule has 0 aliphatic rings. The molecule has 0 saturated heterocycles. The molecule has 5 heteroatoms. The molecule has 0 atom stereocenters. The molecule has 80 valence electrons. The summed E-state index contributed by atoms with van der Waals surface area (Å²) in [4.78, 5) is -0.0705. The summed E-state index contributed by atoms with van der Waals surface area (Å²) in [7, 11) is -4.10. The summed E-state index contributed by atoms with van der Waals surface area (Å²) >= 11 is 0. The van der Waals surface area contributed by atoms with Gasteiger partial charge in [-0.2, -0.15) is 8.42 Å². The van der Waals surface area contributed by atoms with Crippen LogP contribution in [0.4, 0.5) is 0 Å². The van der Waals surface area contributed by atoms with E-state index in [1.165, 1.54) is 12.1 Å². The van der Waals surface area contributed by atoms with Crippen molar-refractivity contribution in [1.29, 1.82) is 0 Å². The third kappa shape index (κ3) is 2.84. The van der Waals surface area contributed by atoms with Gasteiger partial charge in [0, 0.05) is 0 Å². The molecule has 0 heterocycles. The van der Waals surface area contributed by atoms with E-state index in [1.54, 1.807) is 6.07 Å². The molecule has 2 rings (SSSR count). The number of hydrogen-bond donors (Lipinski definition) is 1. The molecule has 2 aromatic carbocycles. The zero-order chi connectivity index (χ0) is 11.1. The second kappa shape index (κ2) is 4.85. The Labute approximate surface area is 117 Å². The summed E-state index contributed by atoms with van der Waals surface area (Å²) in [6, 6.07) is 10.2. The van der Waals surface area contributed by atoms with Crippen LogP contribution in [0.1, 0.15) is 5.56 Å². The van der Waals surface area contributed by atoms with Gasteiger partial charge in [-0.1, -0.05) is 29.8 Å². The van der Waals surface area contributed by atoms with E-state index < -0.39 is 10.1 Å². The maximum atomic E-state index is 10.9. The summed E-state index contributed by atoms with van der Waals surface area (Å²) in [5.74, 6) is 0. The first-order valence-corrected chi connectivity index (χ1v) is 5.89. The van der Waals surface area contributed by atoms with Gasteiger partial charge >= 0.3 is 29.6 Å². The molecule has 0 amide bonds. The van der Waals surface area contributed by atoms with Crippen molar-refractivity contribution in [3.05, 3.63) is 42.0 Å². The molecule has 0 fully saturated rings. The maximum absolute atomic E-state index is 10.9. The third-order valence-corrected chi connectivity index (χ3v) is 3.11. The predicted octanol–water partition coefficient (Wildman–Crippen LogP) is 1.75. The Morgan fingerprint density at radius 3 is 2.19 bits per heavy atom. The Hall–Kier alpha value is -0.390. The number of hydrogen-bond acceptors (Lipinski definition) is 2. The van der Waals surface area contributed by atoms with Gasteiger partial charge in [-0.15, -0.1) is 0 Å².